The molecule has 0 N–H and O–H groups in total. The predicted octanol–water partition coefficient (Wildman–Crippen LogP) is 4.24. The molecule has 0 bridgehead atoms. The zero-order valence-corrected chi connectivity index (χ0v) is 13.0. The van der Waals surface area contributed by atoms with Gasteiger partial charge in [-0.25, -0.2) is 9.97 Å². The Kier molecular flexibility index (Phi) is 3.27. The normalized spacial score (nSPS) is 11.3. The number of ether oxygens (including phenoxy) is 1. The van der Waals surface area contributed by atoms with Crippen LogP contribution in [0, 0.1) is 0 Å². The summed E-state index contributed by atoms with van der Waals surface area (Å²) in [7, 11) is 0. The average molecular weight is 309 g/mol. The van der Waals surface area contributed by atoms with Crippen LogP contribution in [-0.4, -0.2) is 14.5 Å². The van der Waals surface area contributed by atoms with Crippen LogP contribution in [0.3, 0.4) is 0 Å². The Bertz CT molecular complexity index is 908. The molecule has 1 aromatic carbocycles. The monoisotopic (exact) mass is 309 g/mol. The summed E-state index contributed by atoms with van der Waals surface area (Å²) in [6.45, 7) is 3.46. The smallest absolute Gasteiger partial charge is 0.240 e. The first kappa shape index (κ1) is 13.3. The van der Waals surface area contributed by atoms with Gasteiger partial charge in [0.25, 0.3) is 0 Å². The Morgan fingerprint density at radius 1 is 1.18 bits per heavy atom. The lowest BCUT2D eigenvalue weighted by Gasteiger charge is -2.07. The van der Waals surface area contributed by atoms with Crippen LogP contribution in [0.4, 0.5) is 0 Å². The van der Waals surface area contributed by atoms with Crippen LogP contribution >= 0.6 is 11.3 Å². The second-order valence-corrected chi connectivity index (χ2v) is 6.22. The molecule has 3 aromatic heterocycles. The van der Waals surface area contributed by atoms with Crippen molar-refractivity contribution in [2.75, 3.05) is 0 Å². The molecule has 0 aliphatic rings. The summed E-state index contributed by atoms with van der Waals surface area (Å²) in [5.41, 5.74) is 1.88. The van der Waals surface area contributed by atoms with Crippen LogP contribution in [0.15, 0.2) is 48.9 Å². The lowest BCUT2D eigenvalue weighted by molar-refractivity contribution is 0.300. The summed E-state index contributed by atoms with van der Waals surface area (Å²) >= 11 is 1.76. The standard InChI is InChI=1S/C17H15N3OS/c1-2-20-11-19-14-7-8-18-17(16(14)20)21-10-13-9-12-5-3-4-6-15(12)22-13/h3-9,11H,2,10H2,1H3. The van der Waals surface area contributed by atoms with Gasteiger partial charge in [0.1, 0.15) is 12.1 Å². The van der Waals surface area contributed by atoms with E-state index in [0.717, 1.165) is 17.6 Å². The molecule has 4 nitrogen and oxygen atoms in total. The first-order chi connectivity index (χ1) is 10.8. The number of aromatic nitrogens is 3. The van der Waals surface area contributed by atoms with Gasteiger partial charge in [-0.1, -0.05) is 18.2 Å². The fourth-order valence-electron chi connectivity index (χ4n) is 2.58. The molecule has 0 fully saturated rings. The van der Waals surface area contributed by atoms with Gasteiger partial charge in [-0.2, -0.15) is 0 Å². The van der Waals surface area contributed by atoms with Gasteiger partial charge in [0.15, 0.2) is 0 Å². The summed E-state index contributed by atoms with van der Waals surface area (Å²) in [5, 5.41) is 1.26. The van der Waals surface area contributed by atoms with Crippen LogP contribution in [0.25, 0.3) is 21.1 Å². The molecule has 22 heavy (non-hydrogen) atoms. The van der Waals surface area contributed by atoms with Crippen molar-refractivity contribution in [3.8, 4) is 5.88 Å². The molecule has 0 saturated carbocycles. The van der Waals surface area contributed by atoms with Crippen molar-refractivity contribution >= 4 is 32.5 Å². The van der Waals surface area contributed by atoms with Gasteiger partial charge in [0.05, 0.1) is 11.8 Å². The Morgan fingerprint density at radius 2 is 2.09 bits per heavy atom. The second-order valence-electron chi connectivity index (χ2n) is 5.05. The van der Waals surface area contributed by atoms with Gasteiger partial charge in [0, 0.05) is 22.3 Å². The quantitative estimate of drug-likeness (QED) is 0.566. The molecule has 0 aliphatic heterocycles. The van der Waals surface area contributed by atoms with E-state index < -0.39 is 0 Å². The summed E-state index contributed by atoms with van der Waals surface area (Å²) in [6.07, 6.45) is 3.58. The fourth-order valence-corrected chi connectivity index (χ4v) is 3.56. The molecule has 3 heterocycles. The number of rotatable bonds is 4. The molecule has 0 unspecified atom stereocenters. The van der Waals surface area contributed by atoms with Crippen molar-refractivity contribution in [3.05, 3.63) is 53.8 Å². The van der Waals surface area contributed by atoms with Crippen molar-refractivity contribution < 1.29 is 4.74 Å². The highest BCUT2D eigenvalue weighted by atomic mass is 32.1. The third-order valence-corrected chi connectivity index (χ3v) is 4.75. The maximum absolute atomic E-state index is 5.97. The van der Waals surface area contributed by atoms with E-state index in [-0.39, 0.29) is 0 Å². The van der Waals surface area contributed by atoms with Crippen LogP contribution < -0.4 is 4.74 Å². The maximum atomic E-state index is 5.97. The molecule has 0 atom stereocenters. The predicted molar refractivity (Wildman–Crippen MR) is 89.4 cm³/mol. The number of benzene rings is 1. The summed E-state index contributed by atoms with van der Waals surface area (Å²) in [5.74, 6) is 0.648. The van der Waals surface area contributed by atoms with Gasteiger partial charge in [-0.3, -0.25) is 0 Å². The van der Waals surface area contributed by atoms with Crippen molar-refractivity contribution in [1.29, 1.82) is 0 Å². The fraction of sp³-hybridized carbons (Fsp3) is 0.176. The molecular weight excluding hydrogens is 294 g/mol. The number of pyridine rings is 1. The highest BCUT2D eigenvalue weighted by Crippen LogP contribution is 2.28. The first-order valence-corrected chi connectivity index (χ1v) is 8.07. The number of fused-ring (bicyclic) bond motifs is 2. The van der Waals surface area contributed by atoms with E-state index >= 15 is 0 Å². The molecule has 0 radical (unpaired) electrons. The van der Waals surface area contributed by atoms with Gasteiger partial charge in [-0.05, 0) is 30.5 Å². The Hall–Kier alpha value is -2.40. The molecule has 5 heteroatoms. The SMILES string of the molecule is CCn1cnc2ccnc(OCc3cc4ccccc4s3)c21. The van der Waals surface area contributed by atoms with Crippen molar-refractivity contribution in [2.45, 2.75) is 20.1 Å². The van der Waals surface area contributed by atoms with Crippen molar-refractivity contribution in [1.82, 2.24) is 14.5 Å². The zero-order chi connectivity index (χ0) is 14.9. The maximum Gasteiger partial charge on any atom is 0.240 e. The summed E-state index contributed by atoms with van der Waals surface area (Å²) in [4.78, 5) is 9.96. The van der Waals surface area contributed by atoms with Crippen LogP contribution in [0.1, 0.15) is 11.8 Å². The number of nitrogens with zero attached hydrogens (tertiary/aromatic N) is 3. The Morgan fingerprint density at radius 3 is 2.95 bits per heavy atom. The van der Waals surface area contributed by atoms with E-state index in [2.05, 4.69) is 51.8 Å². The van der Waals surface area contributed by atoms with Gasteiger partial charge in [0.2, 0.25) is 5.88 Å². The number of hydrogen-bond donors (Lipinski definition) is 0. The largest absolute Gasteiger partial charge is 0.470 e. The molecule has 0 amide bonds. The van der Waals surface area contributed by atoms with E-state index in [0.29, 0.717) is 12.5 Å². The van der Waals surface area contributed by atoms with E-state index in [1.807, 2.05) is 12.4 Å². The molecule has 110 valence electrons. The van der Waals surface area contributed by atoms with Crippen LogP contribution in [0.5, 0.6) is 5.88 Å². The number of hydrogen-bond acceptors (Lipinski definition) is 4. The highest BCUT2D eigenvalue weighted by molar-refractivity contribution is 7.19. The van der Waals surface area contributed by atoms with Crippen LogP contribution in [0.2, 0.25) is 0 Å². The molecule has 4 aromatic rings. The molecule has 0 spiro atoms. The molecular formula is C17H15N3OS. The Labute approximate surface area is 132 Å². The minimum absolute atomic E-state index is 0.528. The first-order valence-electron chi connectivity index (χ1n) is 7.25. The third-order valence-electron chi connectivity index (χ3n) is 3.66. The van der Waals surface area contributed by atoms with E-state index in [4.69, 9.17) is 4.74 Å². The van der Waals surface area contributed by atoms with Crippen LogP contribution in [-0.2, 0) is 13.2 Å². The lowest BCUT2D eigenvalue weighted by atomic mass is 10.2. The van der Waals surface area contributed by atoms with E-state index in [1.54, 1.807) is 17.5 Å². The summed E-state index contributed by atoms with van der Waals surface area (Å²) < 4.78 is 9.32. The van der Waals surface area contributed by atoms with E-state index in [1.165, 1.54) is 15.0 Å². The number of aryl methyl sites for hydroxylation is 1. The molecule has 0 saturated heterocycles. The van der Waals surface area contributed by atoms with E-state index in [9.17, 15) is 0 Å². The topological polar surface area (TPSA) is 39.9 Å². The minimum atomic E-state index is 0.528. The third kappa shape index (κ3) is 2.23. The second kappa shape index (κ2) is 5.42. The molecule has 4 rings (SSSR count). The zero-order valence-electron chi connectivity index (χ0n) is 12.2. The van der Waals surface area contributed by atoms with Crippen molar-refractivity contribution in [2.24, 2.45) is 0 Å². The van der Waals surface area contributed by atoms with Gasteiger partial charge < -0.3 is 9.30 Å². The average Bonchev–Trinajstić information content (AvgIpc) is 3.16. The molecule has 0 aliphatic carbocycles. The van der Waals surface area contributed by atoms with Gasteiger partial charge in [-0.15, -0.1) is 11.3 Å². The number of thiophene rings is 1. The Balaban J connectivity index is 1.64. The summed E-state index contributed by atoms with van der Waals surface area (Å²) in [6, 6.07) is 12.5. The van der Waals surface area contributed by atoms with Gasteiger partial charge >= 0.3 is 0 Å². The number of imidazole rings is 1. The highest BCUT2D eigenvalue weighted by Gasteiger charge is 2.10. The minimum Gasteiger partial charge on any atom is -0.470 e. The lowest BCUT2D eigenvalue weighted by Crippen LogP contribution is -1.99. The van der Waals surface area contributed by atoms with Crippen molar-refractivity contribution in [3.63, 3.8) is 0 Å².